The summed E-state index contributed by atoms with van der Waals surface area (Å²) in [4.78, 5) is 0. The highest BCUT2D eigenvalue weighted by Gasteiger charge is 2.02. The van der Waals surface area contributed by atoms with E-state index in [1.54, 1.807) is 0 Å². The first kappa shape index (κ1) is 9.28. The Hall–Kier alpha value is -1.28. The summed E-state index contributed by atoms with van der Waals surface area (Å²) < 4.78 is 5.67. The molecule has 2 aromatic rings. The Kier molecular flexibility index (Phi) is 2.55. The summed E-state index contributed by atoms with van der Waals surface area (Å²) in [5, 5.41) is 1.17. The quantitative estimate of drug-likeness (QED) is 0.805. The number of benzene rings is 1. The molecule has 14 heavy (non-hydrogen) atoms. The van der Waals surface area contributed by atoms with Gasteiger partial charge in [0, 0.05) is 11.8 Å². The zero-order chi connectivity index (χ0) is 9.97. The lowest BCUT2D eigenvalue weighted by molar-refractivity contribution is 0.550. The fourth-order valence-corrected chi connectivity index (χ4v) is 1.62. The first-order valence-corrected chi connectivity index (χ1v) is 5.05. The van der Waals surface area contributed by atoms with Crippen molar-refractivity contribution in [3.63, 3.8) is 0 Å². The molecule has 2 rings (SSSR count). The van der Waals surface area contributed by atoms with Crippen molar-refractivity contribution in [1.29, 1.82) is 0 Å². The molecule has 0 aliphatic carbocycles. The van der Waals surface area contributed by atoms with Gasteiger partial charge in [0.1, 0.15) is 11.3 Å². The summed E-state index contributed by atoms with van der Waals surface area (Å²) in [7, 11) is 0. The molecule has 0 radical (unpaired) electrons. The average molecular weight is 189 g/mol. The van der Waals surface area contributed by atoms with Gasteiger partial charge >= 0.3 is 0 Å². The lowest BCUT2D eigenvalue weighted by Crippen LogP contribution is -2.01. The Labute approximate surface area is 83.7 Å². The second-order valence-corrected chi connectivity index (χ2v) is 3.48. The van der Waals surface area contributed by atoms with Crippen LogP contribution < -0.4 is 5.73 Å². The fourth-order valence-electron chi connectivity index (χ4n) is 1.62. The Morgan fingerprint density at radius 1 is 1.29 bits per heavy atom. The van der Waals surface area contributed by atoms with E-state index in [4.69, 9.17) is 10.2 Å². The van der Waals surface area contributed by atoms with Crippen molar-refractivity contribution in [3.8, 4) is 0 Å². The highest BCUT2D eigenvalue weighted by atomic mass is 16.3. The third-order valence-corrected chi connectivity index (χ3v) is 2.43. The lowest BCUT2D eigenvalue weighted by Gasteiger charge is -1.94. The van der Waals surface area contributed by atoms with Gasteiger partial charge in [0.25, 0.3) is 0 Å². The van der Waals surface area contributed by atoms with E-state index in [1.165, 1.54) is 10.9 Å². The van der Waals surface area contributed by atoms with Crippen LogP contribution in [0.3, 0.4) is 0 Å². The zero-order valence-corrected chi connectivity index (χ0v) is 8.42. The van der Waals surface area contributed by atoms with Crippen LogP contribution >= 0.6 is 0 Å². The molecule has 0 aliphatic rings. The molecule has 0 fully saturated rings. The predicted octanol–water partition coefficient (Wildman–Crippen LogP) is 2.50. The van der Waals surface area contributed by atoms with Gasteiger partial charge in [-0.2, -0.15) is 0 Å². The molecule has 0 unspecified atom stereocenters. The molecule has 2 N–H and O–H groups in total. The summed E-state index contributed by atoms with van der Waals surface area (Å²) in [5.74, 6) is 0.982. The van der Waals surface area contributed by atoms with Crippen LogP contribution in [0.4, 0.5) is 0 Å². The SMILES string of the molecule is CCc1ccc2cc(CCN)oc2c1. The molecule has 0 amide bonds. The predicted molar refractivity (Wildman–Crippen MR) is 58.4 cm³/mol. The van der Waals surface area contributed by atoms with E-state index in [1.807, 2.05) is 0 Å². The molecule has 1 aromatic carbocycles. The normalized spacial score (nSPS) is 11.0. The average Bonchev–Trinajstić information content (AvgIpc) is 2.59. The van der Waals surface area contributed by atoms with Crippen LogP contribution in [0.1, 0.15) is 18.2 Å². The van der Waals surface area contributed by atoms with Crippen LogP contribution in [0.5, 0.6) is 0 Å². The number of furan rings is 1. The minimum Gasteiger partial charge on any atom is -0.461 e. The first-order chi connectivity index (χ1) is 6.83. The second-order valence-electron chi connectivity index (χ2n) is 3.48. The van der Waals surface area contributed by atoms with Crippen LogP contribution in [0.2, 0.25) is 0 Å². The van der Waals surface area contributed by atoms with Crippen molar-refractivity contribution in [2.75, 3.05) is 6.54 Å². The number of rotatable bonds is 3. The molecule has 0 saturated heterocycles. The van der Waals surface area contributed by atoms with Crippen molar-refractivity contribution < 1.29 is 4.42 Å². The molecule has 1 aromatic heterocycles. The number of aryl methyl sites for hydroxylation is 1. The summed E-state index contributed by atoms with van der Waals surface area (Å²) in [6, 6.07) is 8.43. The van der Waals surface area contributed by atoms with Gasteiger partial charge in [0.05, 0.1) is 0 Å². The second kappa shape index (κ2) is 3.84. The minimum atomic E-state index is 0.639. The minimum absolute atomic E-state index is 0.639. The van der Waals surface area contributed by atoms with Gasteiger partial charge in [-0.3, -0.25) is 0 Å². The number of hydrogen-bond donors (Lipinski definition) is 1. The molecule has 0 saturated carbocycles. The summed E-state index contributed by atoms with van der Waals surface area (Å²) >= 11 is 0. The Balaban J connectivity index is 2.43. The van der Waals surface area contributed by atoms with Crippen LogP contribution in [0, 0.1) is 0 Å². The summed E-state index contributed by atoms with van der Waals surface area (Å²) in [6.45, 7) is 2.78. The van der Waals surface area contributed by atoms with Crippen LogP contribution in [0.25, 0.3) is 11.0 Å². The van der Waals surface area contributed by atoms with E-state index in [0.717, 1.165) is 24.2 Å². The van der Waals surface area contributed by atoms with E-state index < -0.39 is 0 Å². The van der Waals surface area contributed by atoms with E-state index in [-0.39, 0.29) is 0 Å². The van der Waals surface area contributed by atoms with Crippen LogP contribution in [0.15, 0.2) is 28.7 Å². The molecule has 0 spiro atoms. The van der Waals surface area contributed by atoms with Gasteiger partial charge in [0.15, 0.2) is 0 Å². The molecule has 1 heterocycles. The summed E-state index contributed by atoms with van der Waals surface area (Å²) in [6.07, 6.45) is 1.86. The van der Waals surface area contributed by atoms with Crippen molar-refractivity contribution in [3.05, 3.63) is 35.6 Å². The maximum atomic E-state index is 5.67. The summed E-state index contributed by atoms with van der Waals surface area (Å²) in [5.41, 5.74) is 7.77. The number of nitrogens with two attached hydrogens (primary N) is 1. The molecular formula is C12H15NO. The number of hydrogen-bond acceptors (Lipinski definition) is 2. The highest BCUT2D eigenvalue weighted by Crippen LogP contribution is 2.21. The van der Waals surface area contributed by atoms with E-state index >= 15 is 0 Å². The Bertz CT molecular complexity index is 431. The van der Waals surface area contributed by atoms with Gasteiger partial charge in [-0.25, -0.2) is 0 Å². The molecule has 2 nitrogen and oxygen atoms in total. The largest absolute Gasteiger partial charge is 0.461 e. The molecule has 2 heteroatoms. The van der Waals surface area contributed by atoms with Crippen molar-refractivity contribution in [2.45, 2.75) is 19.8 Å². The van der Waals surface area contributed by atoms with Crippen LogP contribution in [-0.2, 0) is 12.8 Å². The highest BCUT2D eigenvalue weighted by molar-refractivity contribution is 5.78. The van der Waals surface area contributed by atoms with E-state index in [2.05, 4.69) is 31.2 Å². The van der Waals surface area contributed by atoms with Crippen molar-refractivity contribution in [1.82, 2.24) is 0 Å². The number of fused-ring (bicyclic) bond motifs is 1. The molecular weight excluding hydrogens is 174 g/mol. The van der Waals surface area contributed by atoms with Gasteiger partial charge < -0.3 is 10.2 Å². The molecule has 74 valence electrons. The third kappa shape index (κ3) is 1.66. The lowest BCUT2D eigenvalue weighted by atomic mass is 10.1. The van der Waals surface area contributed by atoms with Crippen LogP contribution in [-0.4, -0.2) is 6.54 Å². The van der Waals surface area contributed by atoms with E-state index in [0.29, 0.717) is 6.54 Å². The fraction of sp³-hybridized carbons (Fsp3) is 0.333. The van der Waals surface area contributed by atoms with Gasteiger partial charge in [-0.05, 0) is 30.7 Å². The van der Waals surface area contributed by atoms with Gasteiger partial charge in [0.2, 0.25) is 0 Å². The smallest absolute Gasteiger partial charge is 0.134 e. The third-order valence-electron chi connectivity index (χ3n) is 2.43. The maximum absolute atomic E-state index is 5.67. The van der Waals surface area contributed by atoms with E-state index in [9.17, 15) is 0 Å². The van der Waals surface area contributed by atoms with Crippen molar-refractivity contribution >= 4 is 11.0 Å². The van der Waals surface area contributed by atoms with Gasteiger partial charge in [-0.15, -0.1) is 0 Å². The Morgan fingerprint density at radius 2 is 2.14 bits per heavy atom. The van der Waals surface area contributed by atoms with Gasteiger partial charge in [-0.1, -0.05) is 19.1 Å². The Morgan fingerprint density at radius 3 is 2.86 bits per heavy atom. The standard InChI is InChI=1S/C12H15NO/c1-2-9-3-4-10-8-11(5-6-13)14-12(10)7-9/h3-4,7-8H,2,5-6,13H2,1H3. The molecule has 0 atom stereocenters. The zero-order valence-electron chi connectivity index (χ0n) is 8.42. The molecule has 0 bridgehead atoms. The first-order valence-electron chi connectivity index (χ1n) is 5.05. The van der Waals surface area contributed by atoms with Crippen molar-refractivity contribution in [2.24, 2.45) is 5.73 Å². The molecule has 0 aliphatic heterocycles. The monoisotopic (exact) mass is 189 g/mol. The topological polar surface area (TPSA) is 39.2 Å². The maximum Gasteiger partial charge on any atom is 0.134 e.